The van der Waals surface area contributed by atoms with Crippen LogP contribution >= 0.6 is 0 Å². The van der Waals surface area contributed by atoms with Gasteiger partial charge in [0.05, 0.1) is 0 Å². The van der Waals surface area contributed by atoms with Crippen molar-refractivity contribution in [2.24, 2.45) is 0 Å². The Labute approximate surface area is 361 Å². The Morgan fingerprint density at radius 1 is 0.259 bits per heavy atom. The molecule has 0 saturated carbocycles. The van der Waals surface area contributed by atoms with E-state index in [0.717, 1.165) is 38.5 Å². The topological polar surface area (TPSA) is 112 Å². The number of carboxylic acid groups (broad SMARTS) is 3. The van der Waals surface area contributed by atoms with Crippen LogP contribution in [0.5, 0.6) is 0 Å². The number of aliphatic carboxylic acids is 3. The van der Waals surface area contributed by atoms with Crippen LogP contribution in [-0.2, 0) is 14.4 Å². The maximum absolute atomic E-state index is 10.3. The molecule has 0 saturated heterocycles. The highest BCUT2D eigenvalue weighted by atomic mass is 16.4. The molecule has 0 aliphatic heterocycles. The Kier molecular flexibility index (Phi) is 59.1. The van der Waals surface area contributed by atoms with Crippen LogP contribution in [0.25, 0.3) is 0 Å². The van der Waals surface area contributed by atoms with Crippen LogP contribution in [0.15, 0.2) is 24.3 Å². The van der Waals surface area contributed by atoms with E-state index in [0.29, 0.717) is 19.3 Å². The highest BCUT2D eigenvalue weighted by Gasteiger charge is 1.99. The number of carbonyl (C=O) groups is 3. The third-order valence-electron chi connectivity index (χ3n) is 10.8. The molecule has 0 radical (unpaired) electrons. The summed E-state index contributed by atoms with van der Waals surface area (Å²) in [6.45, 7) is 6.78. The summed E-state index contributed by atoms with van der Waals surface area (Å²) in [4.78, 5) is 30.9. The van der Waals surface area contributed by atoms with E-state index < -0.39 is 17.9 Å². The zero-order chi connectivity index (χ0) is 43.3. The van der Waals surface area contributed by atoms with Crippen molar-refractivity contribution >= 4 is 17.9 Å². The SMILES string of the molecule is CCCCCCCC/C=C\CCCCCCCC(=O)O.CCCCCCCC/C=C\CCCCCCCC(=O)O.CCCCCCCCCCCCCCCC(=O)O. The number of hydrogen-bond acceptors (Lipinski definition) is 3. The molecule has 58 heavy (non-hydrogen) atoms. The summed E-state index contributed by atoms with van der Waals surface area (Å²) in [7, 11) is 0. The summed E-state index contributed by atoms with van der Waals surface area (Å²) in [6.07, 6.45) is 59.7. The Balaban J connectivity index is -0.000000784. The standard InChI is InChI=1S/2C18H34O2.C16H32O2/c2*1-2-3-4-5-6-7-8-9-10-11-12-13-14-15-16-17-18(19)20;1-2-3-4-5-6-7-8-9-10-11-12-13-14-15-16(17)18/h2*9-10H,2-8,11-17H2,1H3,(H,19,20);2-15H2,1H3,(H,17,18)/b2*10-9-;. The summed E-state index contributed by atoms with van der Waals surface area (Å²) in [5, 5.41) is 25.5. The highest BCUT2D eigenvalue weighted by molar-refractivity contribution is 5.67. The molecule has 0 amide bonds. The van der Waals surface area contributed by atoms with Crippen molar-refractivity contribution < 1.29 is 29.7 Å². The van der Waals surface area contributed by atoms with Crippen LogP contribution in [0.3, 0.4) is 0 Å². The molecule has 0 rings (SSSR count). The zero-order valence-corrected chi connectivity index (χ0v) is 39.1. The van der Waals surface area contributed by atoms with E-state index in [-0.39, 0.29) is 0 Å². The first-order valence-corrected chi connectivity index (χ1v) is 25.3. The molecule has 0 spiro atoms. The monoisotopic (exact) mass is 821 g/mol. The van der Waals surface area contributed by atoms with Gasteiger partial charge >= 0.3 is 17.9 Å². The van der Waals surface area contributed by atoms with Gasteiger partial charge in [0.1, 0.15) is 0 Å². The first-order valence-electron chi connectivity index (χ1n) is 25.3. The number of allylic oxidation sites excluding steroid dienone is 4. The van der Waals surface area contributed by atoms with Crippen molar-refractivity contribution in [2.75, 3.05) is 0 Å². The largest absolute Gasteiger partial charge is 0.481 e. The molecule has 0 unspecified atom stereocenters. The molecule has 6 heteroatoms. The summed E-state index contributed by atoms with van der Waals surface area (Å²) in [5.41, 5.74) is 0. The molecule has 0 aliphatic rings. The highest BCUT2D eigenvalue weighted by Crippen LogP contribution is 2.14. The molecule has 0 bridgehead atoms. The van der Waals surface area contributed by atoms with E-state index in [4.69, 9.17) is 15.3 Å². The van der Waals surface area contributed by atoms with Crippen LogP contribution in [0.4, 0.5) is 0 Å². The van der Waals surface area contributed by atoms with Crippen LogP contribution in [-0.4, -0.2) is 33.2 Å². The maximum atomic E-state index is 10.3. The summed E-state index contributed by atoms with van der Waals surface area (Å²) in [6, 6.07) is 0. The lowest BCUT2D eigenvalue weighted by molar-refractivity contribution is -0.138. The second kappa shape index (κ2) is 57.0. The van der Waals surface area contributed by atoms with E-state index in [9.17, 15) is 14.4 Å². The molecule has 0 fully saturated rings. The van der Waals surface area contributed by atoms with Crippen molar-refractivity contribution in [3.63, 3.8) is 0 Å². The molecule has 0 aromatic heterocycles. The van der Waals surface area contributed by atoms with Gasteiger partial charge < -0.3 is 15.3 Å². The first kappa shape index (κ1) is 60.2. The van der Waals surface area contributed by atoms with Crippen LogP contribution in [0, 0.1) is 0 Å². The average molecular weight is 821 g/mol. The lowest BCUT2D eigenvalue weighted by Crippen LogP contribution is -1.93. The fourth-order valence-electron chi connectivity index (χ4n) is 6.99. The lowest BCUT2D eigenvalue weighted by Gasteiger charge is -2.02. The molecule has 6 nitrogen and oxygen atoms in total. The first-order chi connectivity index (χ1) is 28.3. The summed E-state index contributed by atoms with van der Waals surface area (Å²) < 4.78 is 0. The van der Waals surface area contributed by atoms with Gasteiger partial charge in [-0.05, 0) is 70.6 Å². The van der Waals surface area contributed by atoms with Crippen LogP contribution in [0.2, 0.25) is 0 Å². The second-order valence-electron chi connectivity index (χ2n) is 16.8. The third kappa shape index (κ3) is 68.6. The van der Waals surface area contributed by atoms with Gasteiger partial charge in [-0.2, -0.15) is 0 Å². The van der Waals surface area contributed by atoms with Gasteiger partial charge in [-0.3, -0.25) is 14.4 Å². The molecule has 0 aromatic rings. The number of rotatable bonds is 44. The summed E-state index contributed by atoms with van der Waals surface area (Å²) in [5.74, 6) is -1.98. The molecular formula is C52H100O6. The predicted octanol–water partition coefficient (Wildman–Crippen LogP) is 17.8. The van der Waals surface area contributed by atoms with Gasteiger partial charge in [-0.15, -0.1) is 0 Å². The normalized spacial score (nSPS) is 11.1. The van der Waals surface area contributed by atoms with Gasteiger partial charge in [0.2, 0.25) is 0 Å². The van der Waals surface area contributed by atoms with E-state index in [1.54, 1.807) is 0 Å². The quantitative estimate of drug-likeness (QED) is 0.0417. The lowest BCUT2D eigenvalue weighted by atomic mass is 10.0. The van der Waals surface area contributed by atoms with E-state index in [1.165, 1.54) is 212 Å². The fourth-order valence-corrected chi connectivity index (χ4v) is 6.99. The Hall–Kier alpha value is -2.11. The summed E-state index contributed by atoms with van der Waals surface area (Å²) >= 11 is 0. The predicted molar refractivity (Wildman–Crippen MR) is 252 cm³/mol. The molecule has 3 N–H and O–H groups in total. The molecule has 344 valence electrons. The van der Waals surface area contributed by atoms with Crippen molar-refractivity contribution in [3.8, 4) is 0 Å². The molecule has 0 heterocycles. The average Bonchev–Trinajstić information content (AvgIpc) is 3.20. The van der Waals surface area contributed by atoms with Crippen molar-refractivity contribution in [1.82, 2.24) is 0 Å². The van der Waals surface area contributed by atoms with Gasteiger partial charge in [0, 0.05) is 19.3 Å². The molecule has 0 aliphatic carbocycles. The third-order valence-corrected chi connectivity index (χ3v) is 10.8. The minimum absolute atomic E-state index is 0.332. The number of hydrogen-bond donors (Lipinski definition) is 3. The van der Waals surface area contributed by atoms with Gasteiger partial charge in [-0.1, -0.05) is 225 Å². The van der Waals surface area contributed by atoms with Gasteiger partial charge in [0.25, 0.3) is 0 Å². The van der Waals surface area contributed by atoms with E-state index in [1.807, 2.05) is 0 Å². The maximum Gasteiger partial charge on any atom is 0.303 e. The smallest absolute Gasteiger partial charge is 0.303 e. The Morgan fingerprint density at radius 3 is 0.586 bits per heavy atom. The van der Waals surface area contributed by atoms with Gasteiger partial charge in [0.15, 0.2) is 0 Å². The fraction of sp³-hybridized carbons (Fsp3) is 0.865. The Bertz CT molecular complexity index is 816. The van der Waals surface area contributed by atoms with Crippen LogP contribution in [0.1, 0.15) is 290 Å². The minimum atomic E-state index is -0.664. The van der Waals surface area contributed by atoms with E-state index >= 15 is 0 Å². The molecule has 0 atom stereocenters. The van der Waals surface area contributed by atoms with Crippen molar-refractivity contribution in [2.45, 2.75) is 290 Å². The van der Waals surface area contributed by atoms with E-state index in [2.05, 4.69) is 45.1 Å². The number of carboxylic acids is 3. The minimum Gasteiger partial charge on any atom is -0.481 e. The number of unbranched alkanes of at least 4 members (excludes halogenated alkanes) is 34. The van der Waals surface area contributed by atoms with Crippen molar-refractivity contribution in [1.29, 1.82) is 0 Å². The van der Waals surface area contributed by atoms with Gasteiger partial charge in [-0.25, -0.2) is 0 Å². The molecule has 0 aromatic carbocycles. The Morgan fingerprint density at radius 2 is 0.414 bits per heavy atom. The second-order valence-corrected chi connectivity index (χ2v) is 16.8. The molecular weight excluding hydrogens is 721 g/mol. The zero-order valence-electron chi connectivity index (χ0n) is 39.1. The van der Waals surface area contributed by atoms with Crippen molar-refractivity contribution in [3.05, 3.63) is 24.3 Å². The van der Waals surface area contributed by atoms with Crippen LogP contribution < -0.4 is 0 Å².